The minimum atomic E-state index is -0.999. The zero-order valence-corrected chi connectivity index (χ0v) is 16.9. The van der Waals surface area contributed by atoms with Crippen LogP contribution in [0.5, 0.6) is 0 Å². The van der Waals surface area contributed by atoms with Crippen molar-refractivity contribution in [1.82, 2.24) is 15.2 Å². The highest BCUT2D eigenvalue weighted by molar-refractivity contribution is 6.46. The fraction of sp³-hybridized carbons (Fsp3) is 0.467. The molecular weight excluding hydrogens is 407 g/mol. The number of halogens is 3. The first kappa shape index (κ1) is 22.3. The first-order valence-electron chi connectivity index (χ1n) is 7.35. The second-order valence-corrected chi connectivity index (χ2v) is 7.53. The van der Waals surface area contributed by atoms with Crippen LogP contribution in [-0.2, 0) is 14.3 Å². The fourth-order valence-corrected chi connectivity index (χ4v) is 2.32. The summed E-state index contributed by atoms with van der Waals surface area (Å²) in [5, 5.41) is 2.18. The van der Waals surface area contributed by atoms with Crippen LogP contribution in [0.2, 0.25) is 15.2 Å². The molecular formula is C15H19Cl3N4O4. The standard InChI is InChI=1S/C15H19Cl3N4O4/c1-15(2,3)21-7(23)5-22(4)8(24)6-26-14(25)12-9(16)11(19)10(17)13(18)20-12/h5-6H2,1-4H3,(H2,19,20)(H,21,23). The molecule has 0 saturated carbocycles. The predicted molar refractivity (Wildman–Crippen MR) is 99.5 cm³/mol. The molecule has 0 unspecified atom stereocenters. The van der Waals surface area contributed by atoms with Crippen molar-refractivity contribution in [3.63, 3.8) is 0 Å². The van der Waals surface area contributed by atoms with Crippen molar-refractivity contribution >= 4 is 58.3 Å². The van der Waals surface area contributed by atoms with E-state index in [-0.39, 0.29) is 39.0 Å². The van der Waals surface area contributed by atoms with E-state index in [1.165, 1.54) is 7.05 Å². The van der Waals surface area contributed by atoms with Crippen LogP contribution in [0.25, 0.3) is 0 Å². The maximum atomic E-state index is 12.0. The molecule has 11 heteroatoms. The van der Waals surface area contributed by atoms with E-state index in [1.54, 1.807) is 0 Å². The highest BCUT2D eigenvalue weighted by Crippen LogP contribution is 2.34. The van der Waals surface area contributed by atoms with E-state index >= 15 is 0 Å². The SMILES string of the molecule is CN(CC(=O)NC(C)(C)C)C(=O)COC(=O)c1nc(Cl)c(Cl)c(N)c1Cl. The fourth-order valence-electron chi connectivity index (χ4n) is 1.73. The molecule has 0 bridgehead atoms. The van der Waals surface area contributed by atoms with Crippen molar-refractivity contribution in [2.75, 3.05) is 25.9 Å². The quantitative estimate of drug-likeness (QED) is 0.552. The number of nitrogens with two attached hydrogens (primary N) is 1. The summed E-state index contributed by atoms with van der Waals surface area (Å²) in [6.45, 7) is 4.64. The molecule has 0 spiro atoms. The second kappa shape index (κ2) is 8.75. The third kappa shape index (κ3) is 6.19. The number of carbonyl (C=O) groups excluding carboxylic acids is 3. The van der Waals surface area contributed by atoms with Gasteiger partial charge in [0, 0.05) is 12.6 Å². The molecule has 1 aromatic rings. The van der Waals surface area contributed by atoms with Gasteiger partial charge in [-0.1, -0.05) is 34.8 Å². The number of amides is 2. The van der Waals surface area contributed by atoms with Crippen molar-refractivity contribution in [2.24, 2.45) is 0 Å². The van der Waals surface area contributed by atoms with Gasteiger partial charge < -0.3 is 20.7 Å². The normalized spacial score (nSPS) is 11.0. The molecule has 0 aromatic carbocycles. The van der Waals surface area contributed by atoms with Crippen LogP contribution in [0, 0.1) is 0 Å². The number of carbonyl (C=O) groups is 3. The van der Waals surface area contributed by atoms with Gasteiger partial charge in [-0.15, -0.1) is 0 Å². The smallest absolute Gasteiger partial charge is 0.359 e. The molecule has 0 aliphatic carbocycles. The van der Waals surface area contributed by atoms with Gasteiger partial charge >= 0.3 is 5.97 Å². The van der Waals surface area contributed by atoms with Crippen LogP contribution in [0.3, 0.4) is 0 Å². The number of nitrogens with zero attached hydrogens (tertiary/aromatic N) is 2. The summed E-state index contributed by atoms with van der Waals surface area (Å²) in [6.07, 6.45) is 0. The molecule has 8 nitrogen and oxygen atoms in total. The molecule has 0 fully saturated rings. The van der Waals surface area contributed by atoms with Crippen molar-refractivity contribution < 1.29 is 19.1 Å². The Labute approximate surface area is 165 Å². The number of anilines is 1. The average molecular weight is 426 g/mol. The van der Waals surface area contributed by atoms with Crippen molar-refractivity contribution in [3.05, 3.63) is 20.9 Å². The lowest BCUT2D eigenvalue weighted by molar-refractivity contribution is -0.137. The maximum absolute atomic E-state index is 12.0. The Morgan fingerprint density at radius 2 is 1.77 bits per heavy atom. The first-order chi connectivity index (χ1) is 11.8. The predicted octanol–water partition coefficient (Wildman–Crippen LogP) is 2.15. The third-order valence-electron chi connectivity index (χ3n) is 2.91. The zero-order valence-electron chi connectivity index (χ0n) is 14.7. The molecule has 0 aliphatic rings. The molecule has 3 N–H and O–H groups in total. The molecule has 26 heavy (non-hydrogen) atoms. The summed E-state index contributed by atoms with van der Waals surface area (Å²) in [7, 11) is 1.40. The summed E-state index contributed by atoms with van der Waals surface area (Å²) in [5.74, 6) is -1.94. The Balaban J connectivity index is 2.68. The minimum absolute atomic E-state index is 0.0890. The monoisotopic (exact) mass is 424 g/mol. The number of hydrogen-bond acceptors (Lipinski definition) is 6. The Morgan fingerprint density at radius 1 is 1.19 bits per heavy atom. The van der Waals surface area contributed by atoms with Gasteiger partial charge in [0.1, 0.15) is 5.02 Å². The van der Waals surface area contributed by atoms with E-state index in [2.05, 4.69) is 10.3 Å². The van der Waals surface area contributed by atoms with Crippen LogP contribution in [-0.4, -0.2) is 53.4 Å². The van der Waals surface area contributed by atoms with Crippen LogP contribution < -0.4 is 11.1 Å². The first-order valence-corrected chi connectivity index (χ1v) is 8.49. The highest BCUT2D eigenvalue weighted by atomic mass is 35.5. The van der Waals surface area contributed by atoms with Crippen LogP contribution >= 0.6 is 34.8 Å². The summed E-state index contributed by atoms with van der Waals surface area (Å²) in [6, 6.07) is 0. The molecule has 0 aliphatic heterocycles. The Bertz CT molecular complexity index is 735. The second-order valence-electron chi connectivity index (χ2n) is 6.42. The molecule has 1 rings (SSSR count). The molecule has 0 saturated heterocycles. The van der Waals surface area contributed by atoms with Crippen LogP contribution in [0.1, 0.15) is 31.3 Å². The van der Waals surface area contributed by atoms with Gasteiger partial charge in [0.2, 0.25) is 5.91 Å². The number of esters is 1. The van der Waals surface area contributed by atoms with Crippen molar-refractivity contribution in [1.29, 1.82) is 0 Å². The summed E-state index contributed by atoms with van der Waals surface area (Å²) in [4.78, 5) is 40.7. The molecule has 0 radical (unpaired) electrons. The van der Waals surface area contributed by atoms with Crippen molar-refractivity contribution in [2.45, 2.75) is 26.3 Å². The molecule has 1 heterocycles. The summed E-state index contributed by atoms with van der Waals surface area (Å²) in [5.41, 5.74) is 4.70. The van der Waals surface area contributed by atoms with Gasteiger partial charge in [0.15, 0.2) is 17.5 Å². The van der Waals surface area contributed by atoms with Gasteiger partial charge in [-0.25, -0.2) is 9.78 Å². The van der Waals surface area contributed by atoms with Gasteiger partial charge in [-0.2, -0.15) is 0 Å². The molecule has 0 atom stereocenters. The lowest BCUT2D eigenvalue weighted by atomic mass is 10.1. The van der Waals surface area contributed by atoms with Gasteiger partial charge in [-0.05, 0) is 20.8 Å². The number of pyridine rings is 1. The third-order valence-corrected chi connectivity index (χ3v) is 4.05. The number of aromatic nitrogens is 1. The van der Waals surface area contributed by atoms with Gasteiger partial charge in [0.05, 0.1) is 17.3 Å². The van der Waals surface area contributed by atoms with E-state index in [1.807, 2.05) is 20.8 Å². The number of rotatable bonds is 5. The number of likely N-dealkylation sites (N-methyl/N-ethyl adjacent to an activating group) is 1. The number of nitrogen functional groups attached to an aromatic ring is 1. The topological polar surface area (TPSA) is 115 Å². The minimum Gasteiger partial charge on any atom is -0.451 e. The molecule has 1 aromatic heterocycles. The average Bonchev–Trinajstić information content (AvgIpc) is 2.51. The summed E-state index contributed by atoms with van der Waals surface area (Å²) < 4.78 is 4.86. The Kier molecular flexibility index (Phi) is 7.49. The molecule has 2 amide bonds. The maximum Gasteiger partial charge on any atom is 0.359 e. The van der Waals surface area contributed by atoms with E-state index in [0.717, 1.165) is 4.90 Å². The zero-order chi connectivity index (χ0) is 20.2. The van der Waals surface area contributed by atoms with Crippen LogP contribution in [0.15, 0.2) is 0 Å². The number of nitrogens with one attached hydrogen (secondary N) is 1. The lowest BCUT2D eigenvalue weighted by Crippen LogP contribution is -2.46. The Hall–Kier alpha value is -1.77. The summed E-state index contributed by atoms with van der Waals surface area (Å²) >= 11 is 17.4. The van der Waals surface area contributed by atoms with E-state index in [0.29, 0.717) is 0 Å². The highest BCUT2D eigenvalue weighted by Gasteiger charge is 2.23. The largest absolute Gasteiger partial charge is 0.451 e. The van der Waals surface area contributed by atoms with E-state index in [4.69, 9.17) is 45.3 Å². The van der Waals surface area contributed by atoms with Crippen molar-refractivity contribution in [3.8, 4) is 0 Å². The molecule has 144 valence electrons. The van der Waals surface area contributed by atoms with E-state index < -0.39 is 24.0 Å². The van der Waals surface area contributed by atoms with Gasteiger partial charge in [-0.3, -0.25) is 9.59 Å². The Morgan fingerprint density at radius 3 is 2.31 bits per heavy atom. The number of hydrogen-bond donors (Lipinski definition) is 2. The van der Waals surface area contributed by atoms with Crippen LogP contribution in [0.4, 0.5) is 5.69 Å². The van der Waals surface area contributed by atoms with Gasteiger partial charge in [0.25, 0.3) is 5.91 Å². The van der Waals surface area contributed by atoms with E-state index in [9.17, 15) is 14.4 Å². The lowest BCUT2D eigenvalue weighted by Gasteiger charge is -2.23. The number of ether oxygens (including phenoxy) is 1.